The Kier molecular flexibility index (Phi) is 4.87. The lowest BCUT2D eigenvalue weighted by atomic mass is 10.1. The first-order chi connectivity index (χ1) is 15.0. The molecule has 0 aromatic carbocycles. The molecule has 0 aliphatic carbocycles. The molecule has 3 aromatic heterocycles. The number of hydrogen-bond acceptors (Lipinski definition) is 8. The van der Waals surface area contributed by atoms with Crippen molar-refractivity contribution in [3.05, 3.63) is 36.4 Å². The van der Waals surface area contributed by atoms with Gasteiger partial charge in [0.25, 0.3) is 12.3 Å². The summed E-state index contributed by atoms with van der Waals surface area (Å²) in [4.78, 5) is 30.1. The first-order valence-electron chi connectivity index (χ1n) is 9.53. The van der Waals surface area contributed by atoms with Gasteiger partial charge in [0.05, 0.1) is 31.6 Å². The molecule has 2 aliphatic heterocycles. The number of aromatic nitrogens is 5. The number of nitrogens with zero attached hydrogens (tertiary/aromatic N) is 7. The molecule has 1 fully saturated rings. The van der Waals surface area contributed by atoms with E-state index in [2.05, 4.69) is 25.0 Å². The van der Waals surface area contributed by atoms with E-state index in [1.807, 2.05) is 4.90 Å². The summed E-state index contributed by atoms with van der Waals surface area (Å²) in [6.45, 7) is 1.50. The number of amides is 1. The molecule has 0 N–H and O–H groups in total. The van der Waals surface area contributed by atoms with Crippen LogP contribution in [-0.4, -0.2) is 75.2 Å². The molecule has 3 aromatic rings. The van der Waals surface area contributed by atoms with Crippen LogP contribution >= 0.6 is 0 Å². The Morgan fingerprint density at radius 2 is 2.10 bits per heavy atom. The molecular weight excluding hydrogens is 412 g/mol. The molecule has 160 valence electrons. The number of rotatable bonds is 3. The van der Waals surface area contributed by atoms with E-state index < -0.39 is 12.0 Å². The summed E-state index contributed by atoms with van der Waals surface area (Å²) in [6.07, 6.45) is 1.70. The number of alkyl halides is 2. The van der Waals surface area contributed by atoms with Crippen molar-refractivity contribution in [3.63, 3.8) is 0 Å². The summed E-state index contributed by atoms with van der Waals surface area (Å²) in [7, 11) is 0. The fourth-order valence-corrected chi connectivity index (χ4v) is 3.54. The topological polar surface area (TPSA) is 107 Å². The summed E-state index contributed by atoms with van der Waals surface area (Å²) < 4.78 is 38.9. The van der Waals surface area contributed by atoms with E-state index in [0.717, 1.165) is 0 Å². The van der Waals surface area contributed by atoms with Crippen LogP contribution < -0.4 is 4.90 Å². The lowest BCUT2D eigenvalue weighted by molar-refractivity contribution is -0.130. The molecular formula is C19H17F2N7O3. The fraction of sp³-hybridized carbons (Fsp3) is 0.368. The molecule has 31 heavy (non-hydrogen) atoms. The zero-order valence-electron chi connectivity index (χ0n) is 16.2. The SMILES string of the molecule is O=C1COC2(C=N1)COCCN(c1cc(-c3cnc4ccc(C(F)F)nn34)ncn1)C2. The molecule has 0 radical (unpaired) electrons. The van der Waals surface area contributed by atoms with Gasteiger partial charge in [-0.05, 0) is 12.1 Å². The number of carbonyl (C=O) groups is 1. The molecule has 1 unspecified atom stereocenters. The van der Waals surface area contributed by atoms with Crippen LogP contribution in [0, 0.1) is 0 Å². The number of hydrogen-bond donors (Lipinski definition) is 0. The smallest absolute Gasteiger partial charge is 0.282 e. The zero-order chi connectivity index (χ0) is 21.4. The van der Waals surface area contributed by atoms with Crippen molar-refractivity contribution in [1.29, 1.82) is 0 Å². The van der Waals surface area contributed by atoms with Crippen LogP contribution in [0.15, 0.2) is 35.7 Å². The highest BCUT2D eigenvalue weighted by Crippen LogP contribution is 2.26. The molecule has 5 heterocycles. The number of halogens is 2. The third-order valence-electron chi connectivity index (χ3n) is 5.08. The lowest BCUT2D eigenvalue weighted by Gasteiger charge is -2.34. The second-order valence-electron chi connectivity index (χ2n) is 7.21. The number of imidazole rings is 1. The average molecular weight is 429 g/mol. The summed E-state index contributed by atoms with van der Waals surface area (Å²) in [5.41, 5.74) is 0.160. The van der Waals surface area contributed by atoms with Gasteiger partial charge in [0, 0.05) is 18.8 Å². The van der Waals surface area contributed by atoms with E-state index in [-0.39, 0.29) is 24.8 Å². The molecule has 1 atom stereocenters. The Bertz CT molecular complexity index is 1170. The van der Waals surface area contributed by atoms with Crippen molar-refractivity contribution in [2.45, 2.75) is 12.0 Å². The third-order valence-corrected chi connectivity index (χ3v) is 5.08. The number of ether oxygens (including phenoxy) is 2. The quantitative estimate of drug-likeness (QED) is 0.614. The highest BCUT2D eigenvalue weighted by Gasteiger charge is 2.38. The van der Waals surface area contributed by atoms with Gasteiger partial charge < -0.3 is 14.4 Å². The van der Waals surface area contributed by atoms with E-state index in [1.54, 1.807) is 6.07 Å². The van der Waals surface area contributed by atoms with Crippen LogP contribution in [0.4, 0.5) is 14.6 Å². The standard InChI is InChI=1S/C19H17F2N7O3/c20-18(21)12-1-2-15-22-6-14(28(15)26-12)13-5-16(25-11-24-13)27-3-4-30-10-19(9-27)8-23-17(29)7-31-19/h1-2,5-6,8,11,18H,3-4,7,9-10H2. The minimum atomic E-state index is -2.70. The third kappa shape index (κ3) is 3.75. The molecule has 1 spiro atoms. The second kappa shape index (κ2) is 7.71. The first kappa shape index (κ1) is 19.6. The van der Waals surface area contributed by atoms with Crippen LogP contribution in [0.2, 0.25) is 0 Å². The maximum absolute atomic E-state index is 13.1. The molecule has 1 saturated heterocycles. The van der Waals surface area contributed by atoms with Gasteiger partial charge in [0.1, 0.15) is 35.7 Å². The van der Waals surface area contributed by atoms with E-state index in [0.29, 0.717) is 42.5 Å². The summed E-state index contributed by atoms with van der Waals surface area (Å²) in [5, 5.41) is 3.98. The first-order valence-corrected chi connectivity index (χ1v) is 9.53. The summed E-state index contributed by atoms with van der Waals surface area (Å²) >= 11 is 0. The summed E-state index contributed by atoms with van der Waals surface area (Å²) in [5.74, 6) is 0.248. The highest BCUT2D eigenvalue weighted by atomic mass is 19.3. The highest BCUT2D eigenvalue weighted by molar-refractivity contribution is 5.91. The van der Waals surface area contributed by atoms with Crippen molar-refractivity contribution >= 4 is 23.6 Å². The largest absolute Gasteiger partial charge is 0.376 e. The van der Waals surface area contributed by atoms with Crippen molar-refractivity contribution in [1.82, 2.24) is 24.6 Å². The molecule has 0 saturated carbocycles. The monoisotopic (exact) mass is 429 g/mol. The van der Waals surface area contributed by atoms with Crippen LogP contribution in [0.1, 0.15) is 12.1 Å². The molecule has 5 rings (SSSR count). The predicted molar refractivity (Wildman–Crippen MR) is 104 cm³/mol. The Labute approximate surface area is 174 Å². The zero-order valence-corrected chi connectivity index (χ0v) is 16.2. The van der Waals surface area contributed by atoms with Crippen molar-refractivity contribution < 1.29 is 23.0 Å². The number of carbonyl (C=O) groups excluding carboxylic acids is 1. The van der Waals surface area contributed by atoms with E-state index >= 15 is 0 Å². The van der Waals surface area contributed by atoms with Crippen molar-refractivity contribution in [2.75, 3.05) is 37.8 Å². The maximum Gasteiger partial charge on any atom is 0.282 e. The van der Waals surface area contributed by atoms with Crippen LogP contribution in [0.3, 0.4) is 0 Å². The minimum Gasteiger partial charge on any atom is -0.376 e. The summed E-state index contributed by atoms with van der Waals surface area (Å²) in [6, 6.07) is 4.46. The van der Waals surface area contributed by atoms with Crippen LogP contribution in [0.5, 0.6) is 0 Å². The molecule has 12 heteroatoms. The van der Waals surface area contributed by atoms with Gasteiger partial charge in [-0.1, -0.05) is 0 Å². The number of anilines is 1. The molecule has 1 amide bonds. The lowest BCUT2D eigenvalue weighted by Crippen LogP contribution is -2.51. The number of fused-ring (bicyclic) bond motifs is 1. The predicted octanol–water partition coefficient (Wildman–Crippen LogP) is 1.33. The Morgan fingerprint density at radius 1 is 1.19 bits per heavy atom. The van der Waals surface area contributed by atoms with Gasteiger partial charge in [-0.25, -0.2) is 33.2 Å². The number of aliphatic imine (C=N–C) groups is 1. The van der Waals surface area contributed by atoms with Crippen LogP contribution in [0.25, 0.3) is 17.0 Å². The maximum atomic E-state index is 13.1. The van der Waals surface area contributed by atoms with Gasteiger partial charge in [-0.15, -0.1) is 0 Å². The Morgan fingerprint density at radius 3 is 2.90 bits per heavy atom. The fourth-order valence-electron chi connectivity index (χ4n) is 3.54. The van der Waals surface area contributed by atoms with Gasteiger partial charge in [-0.3, -0.25) is 4.79 Å². The van der Waals surface area contributed by atoms with Gasteiger partial charge in [-0.2, -0.15) is 5.10 Å². The second-order valence-corrected chi connectivity index (χ2v) is 7.21. The van der Waals surface area contributed by atoms with Gasteiger partial charge >= 0.3 is 0 Å². The molecule has 0 bridgehead atoms. The van der Waals surface area contributed by atoms with Gasteiger partial charge in [0.15, 0.2) is 5.65 Å². The van der Waals surface area contributed by atoms with Crippen molar-refractivity contribution in [2.24, 2.45) is 4.99 Å². The normalized spacial score (nSPS) is 21.9. The molecule has 10 nitrogen and oxygen atoms in total. The van der Waals surface area contributed by atoms with E-state index in [1.165, 1.54) is 35.4 Å². The Balaban J connectivity index is 1.49. The average Bonchev–Trinajstić information content (AvgIpc) is 3.10. The molecule has 2 aliphatic rings. The van der Waals surface area contributed by atoms with E-state index in [4.69, 9.17) is 9.47 Å². The van der Waals surface area contributed by atoms with E-state index in [9.17, 15) is 13.6 Å². The van der Waals surface area contributed by atoms with Crippen molar-refractivity contribution in [3.8, 4) is 11.4 Å². The van der Waals surface area contributed by atoms with Gasteiger partial charge in [0.2, 0.25) is 0 Å². The van der Waals surface area contributed by atoms with Crippen LogP contribution in [-0.2, 0) is 14.3 Å². The Hall–Kier alpha value is -3.38. The minimum absolute atomic E-state index is 0.108.